The molecule has 0 spiro atoms. The van der Waals surface area contributed by atoms with Crippen LogP contribution in [0.2, 0.25) is 0 Å². The van der Waals surface area contributed by atoms with Crippen molar-refractivity contribution in [3.8, 4) is 11.6 Å². The van der Waals surface area contributed by atoms with Crippen molar-refractivity contribution in [1.82, 2.24) is 19.9 Å². The molecule has 3 heterocycles. The van der Waals surface area contributed by atoms with Crippen molar-refractivity contribution in [2.24, 2.45) is 0 Å². The van der Waals surface area contributed by atoms with Crippen molar-refractivity contribution in [2.45, 2.75) is 51.6 Å². The monoisotopic (exact) mass is 431 g/mol. The number of nitrogens with zero attached hydrogens (tertiary/aromatic N) is 4. The Bertz CT molecular complexity index is 993. The van der Waals surface area contributed by atoms with Gasteiger partial charge in [-0.1, -0.05) is 31.5 Å². The summed E-state index contributed by atoms with van der Waals surface area (Å²) >= 11 is 0. The first-order chi connectivity index (χ1) is 15.7. The van der Waals surface area contributed by atoms with Crippen molar-refractivity contribution in [2.75, 3.05) is 11.9 Å². The number of piperidine rings is 1. The predicted molar refractivity (Wildman–Crippen MR) is 123 cm³/mol. The Morgan fingerprint density at radius 1 is 1.06 bits per heavy atom. The number of carbonyl (C=O) groups excluding carboxylic acids is 1. The topological polar surface area (TPSA) is 80.2 Å². The lowest BCUT2D eigenvalue weighted by Gasteiger charge is -2.34. The normalized spacial score (nSPS) is 16.5. The highest BCUT2D eigenvalue weighted by molar-refractivity contribution is 5.94. The number of carbonyl (C=O) groups is 1. The standard InChI is InChI=1S/C25H29N5O2/c1-2-8-23-26-15-19(16-27-23)18-30-14-7-6-11-22(30)25(31)29-20-12-13-24(28-17-20)32-21-9-4-3-5-10-21/h3-5,9-10,12-13,15-17,22H,2,6-8,11,14,18H2,1H3,(H,29,31)/t22-/m1/s1. The van der Waals surface area contributed by atoms with Crippen molar-refractivity contribution in [1.29, 1.82) is 0 Å². The maximum absolute atomic E-state index is 13.0. The highest BCUT2D eigenvalue weighted by atomic mass is 16.5. The first-order valence-electron chi connectivity index (χ1n) is 11.2. The number of hydrogen-bond donors (Lipinski definition) is 1. The van der Waals surface area contributed by atoms with Gasteiger partial charge in [0, 0.05) is 37.0 Å². The summed E-state index contributed by atoms with van der Waals surface area (Å²) in [6, 6.07) is 12.9. The van der Waals surface area contributed by atoms with E-state index in [0.29, 0.717) is 18.1 Å². The van der Waals surface area contributed by atoms with Gasteiger partial charge in [0.2, 0.25) is 11.8 Å². The molecule has 1 atom stereocenters. The molecule has 4 rings (SSSR count). The predicted octanol–water partition coefficient (Wildman–Crippen LogP) is 4.61. The lowest BCUT2D eigenvalue weighted by Crippen LogP contribution is -2.46. The Balaban J connectivity index is 1.36. The number of ether oxygens (including phenoxy) is 1. The molecule has 0 saturated carbocycles. The van der Waals surface area contributed by atoms with E-state index >= 15 is 0 Å². The SMILES string of the molecule is CCCc1ncc(CN2CCCC[C@@H]2C(=O)Nc2ccc(Oc3ccccc3)nc2)cn1. The molecule has 1 aliphatic rings. The first-order valence-corrected chi connectivity index (χ1v) is 11.2. The maximum atomic E-state index is 13.0. The third-order valence-electron chi connectivity index (χ3n) is 5.50. The third-order valence-corrected chi connectivity index (χ3v) is 5.50. The number of aromatic nitrogens is 3. The molecule has 0 aliphatic carbocycles. The van der Waals surface area contributed by atoms with Gasteiger partial charge in [-0.25, -0.2) is 15.0 Å². The minimum Gasteiger partial charge on any atom is -0.439 e. The molecule has 1 fully saturated rings. The average molecular weight is 432 g/mol. The number of likely N-dealkylation sites (tertiary alicyclic amines) is 1. The summed E-state index contributed by atoms with van der Waals surface area (Å²) in [5, 5.41) is 3.01. The molecular weight excluding hydrogens is 402 g/mol. The highest BCUT2D eigenvalue weighted by Gasteiger charge is 2.29. The number of aryl methyl sites for hydroxylation is 1. The van der Waals surface area contributed by atoms with Crippen LogP contribution in [0.4, 0.5) is 5.69 Å². The Morgan fingerprint density at radius 2 is 1.88 bits per heavy atom. The van der Waals surface area contributed by atoms with Gasteiger partial charge in [-0.15, -0.1) is 0 Å². The third kappa shape index (κ3) is 5.88. The van der Waals surface area contributed by atoms with Gasteiger partial charge in [0.05, 0.1) is 17.9 Å². The van der Waals surface area contributed by atoms with Crippen molar-refractivity contribution < 1.29 is 9.53 Å². The second-order valence-corrected chi connectivity index (χ2v) is 8.03. The zero-order valence-electron chi connectivity index (χ0n) is 18.4. The Labute approximate surface area is 188 Å². The minimum absolute atomic E-state index is 0.00764. The number of nitrogens with one attached hydrogen (secondary N) is 1. The Hall–Kier alpha value is -3.32. The molecule has 1 N–H and O–H groups in total. The van der Waals surface area contributed by atoms with E-state index in [0.717, 1.165) is 55.8 Å². The second kappa shape index (κ2) is 10.8. The van der Waals surface area contributed by atoms with Gasteiger partial charge in [-0.3, -0.25) is 9.69 Å². The lowest BCUT2D eigenvalue weighted by molar-refractivity contribution is -0.122. The largest absolute Gasteiger partial charge is 0.439 e. The number of rotatable bonds is 8. The van der Waals surface area contributed by atoms with Crippen LogP contribution in [0, 0.1) is 0 Å². The summed E-state index contributed by atoms with van der Waals surface area (Å²) in [5.41, 5.74) is 1.70. The molecule has 32 heavy (non-hydrogen) atoms. The van der Waals surface area contributed by atoms with Crippen LogP contribution in [-0.2, 0) is 17.8 Å². The maximum Gasteiger partial charge on any atom is 0.241 e. The molecule has 3 aromatic rings. The van der Waals surface area contributed by atoms with Crippen molar-refractivity contribution >= 4 is 11.6 Å². The number of para-hydroxylation sites is 1. The molecule has 7 heteroatoms. The van der Waals surface area contributed by atoms with Crippen LogP contribution in [0.15, 0.2) is 61.1 Å². The summed E-state index contributed by atoms with van der Waals surface area (Å²) in [6.07, 6.45) is 10.3. The first kappa shape index (κ1) is 21.9. The van der Waals surface area contributed by atoms with Crippen LogP contribution in [0.3, 0.4) is 0 Å². The molecule has 0 bridgehead atoms. The Morgan fingerprint density at radius 3 is 2.59 bits per heavy atom. The molecule has 0 unspecified atom stereocenters. The molecular formula is C25H29N5O2. The molecule has 0 radical (unpaired) electrons. The molecule has 7 nitrogen and oxygen atoms in total. The minimum atomic E-state index is -0.181. The van der Waals surface area contributed by atoms with E-state index in [1.807, 2.05) is 48.8 Å². The molecule has 1 saturated heterocycles. The number of pyridine rings is 1. The second-order valence-electron chi connectivity index (χ2n) is 8.03. The van der Waals surface area contributed by atoms with Gasteiger partial charge in [0.1, 0.15) is 11.6 Å². The van der Waals surface area contributed by atoms with Crippen LogP contribution in [0.25, 0.3) is 0 Å². The number of anilines is 1. The molecule has 1 aromatic carbocycles. The summed E-state index contributed by atoms with van der Waals surface area (Å²) in [7, 11) is 0. The number of hydrogen-bond acceptors (Lipinski definition) is 6. The zero-order valence-corrected chi connectivity index (χ0v) is 18.4. The van der Waals surface area contributed by atoms with E-state index in [9.17, 15) is 4.79 Å². The van der Waals surface area contributed by atoms with E-state index in [1.165, 1.54) is 0 Å². The van der Waals surface area contributed by atoms with Gasteiger partial charge in [0.15, 0.2) is 0 Å². The van der Waals surface area contributed by atoms with Crippen LogP contribution in [-0.4, -0.2) is 38.3 Å². The Kier molecular flexibility index (Phi) is 7.40. The van der Waals surface area contributed by atoms with Crippen LogP contribution < -0.4 is 10.1 Å². The zero-order chi connectivity index (χ0) is 22.2. The van der Waals surface area contributed by atoms with E-state index in [4.69, 9.17) is 4.74 Å². The average Bonchev–Trinajstić information content (AvgIpc) is 2.83. The fraction of sp³-hybridized carbons (Fsp3) is 0.360. The van der Waals surface area contributed by atoms with Gasteiger partial charge in [-0.05, 0) is 44.0 Å². The van der Waals surface area contributed by atoms with E-state index < -0.39 is 0 Å². The van der Waals surface area contributed by atoms with Gasteiger partial charge in [-0.2, -0.15) is 0 Å². The van der Waals surface area contributed by atoms with Crippen molar-refractivity contribution in [3.05, 3.63) is 72.4 Å². The lowest BCUT2D eigenvalue weighted by atomic mass is 10.0. The van der Waals surface area contributed by atoms with Crippen LogP contribution >= 0.6 is 0 Å². The van der Waals surface area contributed by atoms with E-state index in [-0.39, 0.29) is 11.9 Å². The van der Waals surface area contributed by atoms with Crippen molar-refractivity contribution in [3.63, 3.8) is 0 Å². The summed E-state index contributed by atoms with van der Waals surface area (Å²) in [4.78, 5) is 28.5. The van der Waals surface area contributed by atoms with Crippen LogP contribution in [0.5, 0.6) is 11.6 Å². The highest BCUT2D eigenvalue weighted by Crippen LogP contribution is 2.23. The fourth-order valence-electron chi connectivity index (χ4n) is 3.88. The summed E-state index contributed by atoms with van der Waals surface area (Å²) < 4.78 is 5.72. The molecule has 166 valence electrons. The van der Waals surface area contributed by atoms with Gasteiger partial charge < -0.3 is 10.1 Å². The number of benzene rings is 1. The molecule has 1 amide bonds. The fourth-order valence-corrected chi connectivity index (χ4v) is 3.88. The van der Waals surface area contributed by atoms with E-state index in [2.05, 4.69) is 32.1 Å². The van der Waals surface area contributed by atoms with Crippen LogP contribution in [0.1, 0.15) is 44.0 Å². The molecule has 2 aromatic heterocycles. The summed E-state index contributed by atoms with van der Waals surface area (Å²) in [6.45, 7) is 3.68. The van der Waals surface area contributed by atoms with E-state index in [1.54, 1.807) is 12.3 Å². The van der Waals surface area contributed by atoms with Gasteiger partial charge in [0.25, 0.3) is 0 Å². The van der Waals surface area contributed by atoms with Gasteiger partial charge >= 0.3 is 0 Å². The quantitative estimate of drug-likeness (QED) is 0.561. The smallest absolute Gasteiger partial charge is 0.241 e. The summed E-state index contributed by atoms with van der Waals surface area (Å²) in [5.74, 6) is 2.07. The number of amides is 1. The molecule has 1 aliphatic heterocycles.